The Morgan fingerprint density at radius 2 is 1.29 bits per heavy atom. The summed E-state index contributed by atoms with van der Waals surface area (Å²) >= 11 is 0. The Morgan fingerprint density at radius 3 is 1.71 bits per heavy atom. The Bertz CT molecular complexity index is 129. The average Bonchev–Trinajstić information content (AvgIpc) is 2.15. The highest BCUT2D eigenvalue weighted by Crippen LogP contribution is 2.12. The maximum absolute atomic E-state index is 12.2. The lowest BCUT2D eigenvalue weighted by atomic mass is 10.1. The van der Waals surface area contributed by atoms with Crippen LogP contribution in [0.25, 0.3) is 0 Å². The van der Waals surface area contributed by atoms with E-state index in [-0.39, 0.29) is 5.83 Å². The van der Waals surface area contributed by atoms with Gasteiger partial charge in [-0.3, -0.25) is 0 Å². The van der Waals surface area contributed by atoms with Gasteiger partial charge in [0.25, 0.3) is 0 Å². The van der Waals surface area contributed by atoms with Crippen LogP contribution in [0.4, 0.5) is 4.39 Å². The monoisotopic (exact) mass is 200 g/mol. The van der Waals surface area contributed by atoms with Gasteiger partial charge in [0.2, 0.25) is 0 Å². The lowest BCUT2D eigenvalue weighted by Gasteiger charge is -2.00. The summed E-state index contributed by atoms with van der Waals surface area (Å²) in [4.78, 5) is 0. The van der Waals surface area contributed by atoms with E-state index in [4.69, 9.17) is 0 Å². The molecule has 0 saturated carbocycles. The third-order valence-corrected chi connectivity index (χ3v) is 2.55. The fourth-order valence-corrected chi connectivity index (χ4v) is 1.63. The molecule has 0 amide bonds. The first-order chi connectivity index (χ1) is 6.77. The molecule has 0 atom stereocenters. The molecule has 0 unspecified atom stereocenters. The number of hydrogen-bond acceptors (Lipinski definition) is 0. The van der Waals surface area contributed by atoms with Gasteiger partial charge >= 0.3 is 0 Å². The molecule has 0 aromatic carbocycles. The van der Waals surface area contributed by atoms with Gasteiger partial charge in [-0.25, -0.2) is 4.39 Å². The summed E-state index contributed by atoms with van der Waals surface area (Å²) < 4.78 is 12.2. The Labute approximate surface area is 88.6 Å². The average molecular weight is 200 g/mol. The maximum Gasteiger partial charge on any atom is 0.0928 e. The summed E-state index contributed by atoms with van der Waals surface area (Å²) in [5, 5.41) is 0. The number of hydrogen-bond donors (Lipinski definition) is 0. The van der Waals surface area contributed by atoms with Crippen LogP contribution < -0.4 is 0 Å². The standard InChI is InChI=1S/C13H25F/c1-3-4-5-6-7-8-9-10-11-12-13(2)14/h2-12H2,1H3. The van der Waals surface area contributed by atoms with E-state index >= 15 is 0 Å². The number of halogens is 1. The van der Waals surface area contributed by atoms with Crippen molar-refractivity contribution in [3.05, 3.63) is 12.4 Å². The molecular formula is C13H25F. The first-order valence-electron chi connectivity index (χ1n) is 6.10. The lowest BCUT2D eigenvalue weighted by Crippen LogP contribution is -1.81. The summed E-state index contributed by atoms with van der Waals surface area (Å²) in [5.41, 5.74) is 0. The fourth-order valence-electron chi connectivity index (χ4n) is 1.63. The third-order valence-electron chi connectivity index (χ3n) is 2.55. The van der Waals surface area contributed by atoms with E-state index in [9.17, 15) is 4.39 Å². The highest BCUT2D eigenvalue weighted by molar-refractivity contribution is 4.78. The second kappa shape index (κ2) is 10.7. The minimum Gasteiger partial charge on any atom is -0.212 e. The van der Waals surface area contributed by atoms with Crippen LogP contribution in [0.3, 0.4) is 0 Å². The maximum atomic E-state index is 12.2. The smallest absolute Gasteiger partial charge is 0.0928 e. The molecule has 14 heavy (non-hydrogen) atoms. The van der Waals surface area contributed by atoms with Gasteiger partial charge in [0.05, 0.1) is 5.83 Å². The summed E-state index contributed by atoms with van der Waals surface area (Å²) in [6.45, 7) is 5.50. The Kier molecular flexibility index (Phi) is 10.5. The molecule has 0 bridgehead atoms. The van der Waals surface area contributed by atoms with Gasteiger partial charge in [0.15, 0.2) is 0 Å². The summed E-state index contributed by atoms with van der Waals surface area (Å²) in [6.07, 6.45) is 12.1. The highest BCUT2D eigenvalue weighted by Gasteiger charge is 1.93. The zero-order valence-corrected chi connectivity index (χ0v) is 9.66. The van der Waals surface area contributed by atoms with E-state index < -0.39 is 0 Å². The van der Waals surface area contributed by atoms with E-state index in [1.165, 1.54) is 44.9 Å². The van der Waals surface area contributed by atoms with E-state index in [1.807, 2.05) is 0 Å². The van der Waals surface area contributed by atoms with Crippen molar-refractivity contribution in [2.45, 2.75) is 71.1 Å². The van der Waals surface area contributed by atoms with Gasteiger partial charge in [-0.2, -0.15) is 0 Å². The third kappa shape index (κ3) is 11.7. The molecule has 1 heteroatoms. The van der Waals surface area contributed by atoms with Crippen LogP contribution in [0.1, 0.15) is 71.1 Å². The first kappa shape index (κ1) is 13.7. The molecule has 0 fully saturated rings. The Hall–Kier alpha value is -0.330. The van der Waals surface area contributed by atoms with E-state index in [2.05, 4.69) is 13.5 Å². The van der Waals surface area contributed by atoms with Crippen molar-refractivity contribution in [1.29, 1.82) is 0 Å². The molecule has 0 heterocycles. The van der Waals surface area contributed by atoms with Crippen LogP contribution in [0.2, 0.25) is 0 Å². The van der Waals surface area contributed by atoms with Crippen molar-refractivity contribution >= 4 is 0 Å². The van der Waals surface area contributed by atoms with Crippen LogP contribution in [-0.2, 0) is 0 Å². The van der Waals surface area contributed by atoms with E-state index in [1.54, 1.807) is 0 Å². The highest BCUT2D eigenvalue weighted by atomic mass is 19.1. The van der Waals surface area contributed by atoms with Crippen LogP contribution >= 0.6 is 0 Å². The lowest BCUT2D eigenvalue weighted by molar-refractivity contribution is 0.533. The Morgan fingerprint density at radius 1 is 0.857 bits per heavy atom. The molecule has 0 rings (SSSR count). The van der Waals surface area contributed by atoms with Gasteiger partial charge in [0.1, 0.15) is 0 Å². The number of rotatable bonds is 10. The molecule has 0 aliphatic carbocycles. The minimum atomic E-state index is -0.159. The number of unbranched alkanes of at least 4 members (excludes halogenated alkanes) is 8. The predicted molar refractivity (Wildman–Crippen MR) is 62.1 cm³/mol. The van der Waals surface area contributed by atoms with Crippen LogP contribution in [0.15, 0.2) is 12.4 Å². The van der Waals surface area contributed by atoms with E-state index in [0.717, 1.165) is 12.8 Å². The molecular weight excluding hydrogens is 175 g/mol. The summed E-state index contributed by atoms with van der Waals surface area (Å²) in [7, 11) is 0. The molecule has 0 nitrogen and oxygen atoms in total. The quantitative estimate of drug-likeness (QED) is 0.415. The molecule has 0 saturated heterocycles. The molecule has 0 N–H and O–H groups in total. The number of allylic oxidation sites excluding steroid dienone is 1. The normalized spacial score (nSPS) is 10.4. The minimum absolute atomic E-state index is 0.159. The van der Waals surface area contributed by atoms with Gasteiger partial charge in [0, 0.05) is 0 Å². The van der Waals surface area contributed by atoms with Crippen LogP contribution in [-0.4, -0.2) is 0 Å². The molecule has 0 spiro atoms. The van der Waals surface area contributed by atoms with Crippen molar-refractivity contribution in [2.24, 2.45) is 0 Å². The molecule has 0 aliphatic heterocycles. The predicted octanol–water partition coefficient (Wildman–Crippen LogP) is 5.39. The van der Waals surface area contributed by atoms with Gasteiger partial charge in [-0.05, 0) is 12.8 Å². The van der Waals surface area contributed by atoms with Gasteiger partial charge in [-0.15, -0.1) is 0 Å². The van der Waals surface area contributed by atoms with E-state index in [0.29, 0.717) is 6.42 Å². The molecule has 0 radical (unpaired) electrons. The summed E-state index contributed by atoms with van der Waals surface area (Å²) in [6, 6.07) is 0. The van der Waals surface area contributed by atoms with Crippen molar-refractivity contribution in [1.82, 2.24) is 0 Å². The zero-order chi connectivity index (χ0) is 10.6. The van der Waals surface area contributed by atoms with Crippen LogP contribution in [0, 0.1) is 0 Å². The first-order valence-corrected chi connectivity index (χ1v) is 6.10. The van der Waals surface area contributed by atoms with Gasteiger partial charge < -0.3 is 0 Å². The topological polar surface area (TPSA) is 0 Å². The van der Waals surface area contributed by atoms with Crippen LogP contribution in [0.5, 0.6) is 0 Å². The van der Waals surface area contributed by atoms with Crippen molar-refractivity contribution in [3.63, 3.8) is 0 Å². The molecule has 0 aliphatic rings. The van der Waals surface area contributed by atoms with Crippen molar-refractivity contribution < 1.29 is 4.39 Å². The van der Waals surface area contributed by atoms with Gasteiger partial charge in [-0.1, -0.05) is 64.9 Å². The SMILES string of the molecule is C=C(F)CCCCCCCCCCC. The second-order valence-corrected chi connectivity index (χ2v) is 4.10. The second-order valence-electron chi connectivity index (χ2n) is 4.10. The fraction of sp³-hybridized carbons (Fsp3) is 0.846. The van der Waals surface area contributed by atoms with Crippen molar-refractivity contribution in [2.75, 3.05) is 0 Å². The molecule has 0 aromatic heterocycles. The summed E-state index contributed by atoms with van der Waals surface area (Å²) in [5.74, 6) is -0.159. The van der Waals surface area contributed by atoms with Crippen molar-refractivity contribution in [3.8, 4) is 0 Å². The molecule has 84 valence electrons. The Balaban J connectivity index is 2.88. The zero-order valence-electron chi connectivity index (χ0n) is 9.66. The molecule has 0 aromatic rings. The largest absolute Gasteiger partial charge is 0.212 e.